The Labute approximate surface area is 146 Å². The highest BCUT2D eigenvalue weighted by Crippen LogP contribution is 2.20. The molecule has 1 aliphatic rings. The fourth-order valence-electron chi connectivity index (χ4n) is 2.76. The van der Waals surface area contributed by atoms with E-state index in [1.54, 1.807) is 25.4 Å². The summed E-state index contributed by atoms with van der Waals surface area (Å²) in [4.78, 5) is 20.5. The lowest BCUT2D eigenvalue weighted by Crippen LogP contribution is -2.32. The van der Waals surface area contributed by atoms with Crippen LogP contribution in [-0.4, -0.2) is 34.7 Å². The first-order valence-corrected chi connectivity index (χ1v) is 8.52. The monoisotopic (exact) mass is 342 g/mol. The second-order valence-electron chi connectivity index (χ2n) is 5.97. The Balaban J connectivity index is 1.45. The van der Waals surface area contributed by atoms with Gasteiger partial charge in [0.1, 0.15) is 0 Å². The van der Waals surface area contributed by atoms with Gasteiger partial charge in [0, 0.05) is 36.7 Å². The molecule has 0 saturated heterocycles. The van der Waals surface area contributed by atoms with Crippen LogP contribution in [0.4, 0.5) is 0 Å². The summed E-state index contributed by atoms with van der Waals surface area (Å²) in [5, 5.41) is 6.97. The summed E-state index contributed by atoms with van der Waals surface area (Å²) < 4.78 is 10.4. The molecule has 0 saturated carbocycles. The molecule has 0 bridgehead atoms. The normalized spacial score (nSPS) is 16.6. The molecule has 2 heterocycles. The van der Waals surface area contributed by atoms with E-state index in [1.807, 2.05) is 0 Å². The van der Waals surface area contributed by atoms with Gasteiger partial charge in [0.2, 0.25) is 23.5 Å². The Bertz CT molecular complexity index is 741. The first-order chi connectivity index (χ1) is 12.3. The summed E-state index contributed by atoms with van der Waals surface area (Å²) in [5.41, 5.74) is 0.792. The average molecular weight is 342 g/mol. The second-order valence-corrected chi connectivity index (χ2v) is 5.97. The minimum atomic E-state index is 0.113. The Hall–Kier alpha value is -2.70. The van der Waals surface area contributed by atoms with Gasteiger partial charge >= 0.3 is 0 Å². The Kier molecular flexibility index (Phi) is 5.77. The van der Waals surface area contributed by atoms with Gasteiger partial charge in [0.15, 0.2) is 0 Å². The molecule has 7 nitrogen and oxygen atoms in total. The number of rotatable bonds is 7. The zero-order chi connectivity index (χ0) is 17.5. The van der Waals surface area contributed by atoms with E-state index in [4.69, 9.17) is 9.26 Å². The van der Waals surface area contributed by atoms with Crippen molar-refractivity contribution >= 4 is 5.91 Å². The van der Waals surface area contributed by atoms with E-state index in [0.29, 0.717) is 30.6 Å². The Morgan fingerprint density at radius 2 is 2.36 bits per heavy atom. The fourth-order valence-corrected chi connectivity index (χ4v) is 2.76. The molecule has 1 unspecified atom stereocenters. The van der Waals surface area contributed by atoms with Crippen LogP contribution in [0.5, 0.6) is 5.88 Å². The van der Waals surface area contributed by atoms with E-state index >= 15 is 0 Å². The van der Waals surface area contributed by atoms with Crippen LogP contribution < -0.4 is 10.1 Å². The van der Waals surface area contributed by atoms with Crippen molar-refractivity contribution in [2.75, 3.05) is 13.7 Å². The quantitative estimate of drug-likeness (QED) is 0.614. The topological polar surface area (TPSA) is 90.1 Å². The number of carbonyl (C=O) groups is 1. The van der Waals surface area contributed by atoms with Crippen LogP contribution in [0.25, 0.3) is 11.4 Å². The second kappa shape index (κ2) is 8.41. The average Bonchev–Trinajstić information content (AvgIpc) is 3.15. The van der Waals surface area contributed by atoms with Crippen molar-refractivity contribution in [1.82, 2.24) is 20.4 Å². The number of allylic oxidation sites excluding steroid dienone is 2. The zero-order valence-electron chi connectivity index (χ0n) is 14.3. The number of ether oxygens (including phenoxy) is 1. The molecule has 132 valence electrons. The SMILES string of the molecule is COc1cc(-c2noc(CCCNC(=O)C3CC=CCC3)n2)ccn1. The lowest BCUT2D eigenvalue weighted by atomic mass is 9.94. The van der Waals surface area contributed by atoms with Gasteiger partial charge in [-0.2, -0.15) is 4.98 Å². The van der Waals surface area contributed by atoms with Gasteiger partial charge in [-0.1, -0.05) is 17.3 Å². The number of aromatic nitrogens is 3. The molecule has 0 aromatic carbocycles. The number of nitrogens with zero attached hydrogens (tertiary/aromatic N) is 3. The van der Waals surface area contributed by atoms with Crippen molar-refractivity contribution in [3.8, 4) is 17.3 Å². The van der Waals surface area contributed by atoms with Crippen molar-refractivity contribution in [3.63, 3.8) is 0 Å². The number of nitrogens with one attached hydrogen (secondary N) is 1. The lowest BCUT2D eigenvalue weighted by Gasteiger charge is -2.16. The molecule has 1 N–H and O–H groups in total. The van der Waals surface area contributed by atoms with E-state index in [0.717, 1.165) is 31.2 Å². The third-order valence-electron chi connectivity index (χ3n) is 4.18. The first-order valence-electron chi connectivity index (χ1n) is 8.52. The molecule has 3 rings (SSSR count). The number of hydrogen-bond donors (Lipinski definition) is 1. The third kappa shape index (κ3) is 4.65. The standard InChI is InChI=1S/C18H22N4O3/c1-24-16-12-14(9-11-19-16)17-21-15(25-22-17)8-5-10-20-18(23)13-6-3-2-4-7-13/h2-3,9,11-13H,4-8,10H2,1H3,(H,20,23). The highest BCUT2D eigenvalue weighted by molar-refractivity contribution is 5.78. The van der Waals surface area contributed by atoms with Gasteiger partial charge in [-0.3, -0.25) is 4.79 Å². The first kappa shape index (κ1) is 17.1. The van der Waals surface area contributed by atoms with Crippen molar-refractivity contribution < 1.29 is 14.1 Å². The number of methoxy groups -OCH3 is 1. The molecule has 0 spiro atoms. The highest BCUT2D eigenvalue weighted by atomic mass is 16.5. The zero-order valence-corrected chi connectivity index (χ0v) is 14.3. The Morgan fingerprint density at radius 1 is 1.44 bits per heavy atom. The lowest BCUT2D eigenvalue weighted by molar-refractivity contribution is -0.125. The summed E-state index contributed by atoms with van der Waals surface area (Å²) in [6, 6.07) is 3.56. The van der Waals surface area contributed by atoms with Crippen molar-refractivity contribution in [3.05, 3.63) is 36.4 Å². The maximum Gasteiger partial charge on any atom is 0.227 e. The summed E-state index contributed by atoms with van der Waals surface area (Å²) in [6.07, 6.45) is 10.0. The van der Waals surface area contributed by atoms with Crippen molar-refractivity contribution in [1.29, 1.82) is 0 Å². The third-order valence-corrected chi connectivity index (χ3v) is 4.18. The molecule has 0 radical (unpaired) electrons. The van der Waals surface area contributed by atoms with Crippen LogP contribution in [-0.2, 0) is 11.2 Å². The van der Waals surface area contributed by atoms with Crippen LogP contribution in [0.3, 0.4) is 0 Å². The number of hydrogen-bond acceptors (Lipinski definition) is 6. The van der Waals surface area contributed by atoms with Crippen LogP contribution in [0.15, 0.2) is 35.0 Å². The molecule has 25 heavy (non-hydrogen) atoms. The van der Waals surface area contributed by atoms with Crippen LogP contribution in [0, 0.1) is 5.92 Å². The fraction of sp³-hybridized carbons (Fsp3) is 0.444. The molecule has 2 aromatic heterocycles. The van der Waals surface area contributed by atoms with E-state index in [9.17, 15) is 4.79 Å². The minimum absolute atomic E-state index is 0.113. The smallest absolute Gasteiger partial charge is 0.227 e. The predicted molar refractivity (Wildman–Crippen MR) is 91.9 cm³/mol. The largest absolute Gasteiger partial charge is 0.481 e. The minimum Gasteiger partial charge on any atom is -0.481 e. The van der Waals surface area contributed by atoms with Crippen molar-refractivity contribution in [2.24, 2.45) is 5.92 Å². The predicted octanol–water partition coefficient (Wildman–Crippen LogP) is 2.55. The summed E-state index contributed by atoms with van der Waals surface area (Å²) in [6.45, 7) is 0.611. The van der Waals surface area contributed by atoms with Gasteiger partial charge in [0.25, 0.3) is 0 Å². The van der Waals surface area contributed by atoms with Crippen LogP contribution in [0.2, 0.25) is 0 Å². The molecule has 0 fully saturated rings. The van der Waals surface area contributed by atoms with Gasteiger partial charge in [-0.05, 0) is 31.7 Å². The maximum atomic E-state index is 12.0. The number of pyridine rings is 1. The van der Waals surface area contributed by atoms with Crippen LogP contribution in [0.1, 0.15) is 31.6 Å². The molecule has 1 aliphatic carbocycles. The maximum absolute atomic E-state index is 12.0. The van der Waals surface area contributed by atoms with E-state index in [1.165, 1.54) is 0 Å². The number of aryl methyl sites for hydroxylation is 1. The number of carbonyl (C=O) groups excluding carboxylic acids is 1. The summed E-state index contributed by atoms with van der Waals surface area (Å²) in [5.74, 6) is 1.82. The Morgan fingerprint density at radius 3 is 3.16 bits per heavy atom. The van der Waals surface area contributed by atoms with E-state index in [-0.39, 0.29) is 11.8 Å². The molecule has 1 atom stereocenters. The number of amides is 1. The summed E-state index contributed by atoms with van der Waals surface area (Å²) in [7, 11) is 1.56. The highest BCUT2D eigenvalue weighted by Gasteiger charge is 2.18. The van der Waals surface area contributed by atoms with Crippen molar-refractivity contribution in [2.45, 2.75) is 32.1 Å². The van der Waals surface area contributed by atoms with Gasteiger partial charge in [0.05, 0.1) is 7.11 Å². The summed E-state index contributed by atoms with van der Waals surface area (Å²) >= 11 is 0. The molecular formula is C18H22N4O3. The van der Waals surface area contributed by atoms with Crippen LogP contribution >= 0.6 is 0 Å². The van der Waals surface area contributed by atoms with Gasteiger partial charge in [-0.15, -0.1) is 0 Å². The molecule has 1 amide bonds. The molecule has 7 heteroatoms. The molecular weight excluding hydrogens is 320 g/mol. The van der Waals surface area contributed by atoms with Gasteiger partial charge < -0.3 is 14.6 Å². The van der Waals surface area contributed by atoms with E-state index < -0.39 is 0 Å². The van der Waals surface area contributed by atoms with E-state index in [2.05, 4.69) is 32.6 Å². The molecule has 0 aliphatic heterocycles. The van der Waals surface area contributed by atoms with Gasteiger partial charge in [-0.25, -0.2) is 4.98 Å². The molecule has 2 aromatic rings.